The van der Waals surface area contributed by atoms with E-state index in [2.05, 4.69) is 22.9 Å². The van der Waals surface area contributed by atoms with E-state index in [0.29, 0.717) is 23.4 Å². The lowest BCUT2D eigenvalue weighted by Crippen LogP contribution is -2.26. The van der Waals surface area contributed by atoms with Crippen LogP contribution in [0, 0.1) is 10.1 Å². The van der Waals surface area contributed by atoms with Gasteiger partial charge in [-0.1, -0.05) is 43.3 Å². The maximum Gasteiger partial charge on any atom is 0.269 e. The second-order valence-corrected chi connectivity index (χ2v) is 8.29. The number of anilines is 1. The van der Waals surface area contributed by atoms with Crippen LogP contribution >= 0.6 is 15.9 Å². The number of fused-ring (bicyclic) bond motifs is 1. The summed E-state index contributed by atoms with van der Waals surface area (Å²) < 4.78 is 6.58. The van der Waals surface area contributed by atoms with Crippen LogP contribution < -0.4 is 9.64 Å². The fourth-order valence-electron chi connectivity index (χ4n) is 3.70. The number of carbonyl (C=O) groups is 1. The molecule has 4 rings (SSSR count). The molecule has 0 radical (unpaired) electrons. The van der Waals surface area contributed by atoms with Crippen LogP contribution in [0.5, 0.6) is 5.75 Å². The quantitative estimate of drug-likeness (QED) is 0.222. The van der Waals surface area contributed by atoms with Gasteiger partial charge in [0.25, 0.3) is 11.6 Å². The molecule has 7 heteroatoms. The minimum atomic E-state index is -0.425. The molecule has 1 aliphatic heterocycles. The number of nitro benzene ring substituents is 1. The number of benzene rings is 3. The number of para-hydroxylation sites is 1. The second-order valence-electron chi connectivity index (χ2n) is 7.44. The van der Waals surface area contributed by atoms with Crippen LogP contribution in [-0.4, -0.2) is 17.4 Å². The summed E-state index contributed by atoms with van der Waals surface area (Å²) in [5.74, 6) is 0.625. The predicted octanol–water partition coefficient (Wildman–Crippen LogP) is 6.23. The Balaban J connectivity index is 1.55. The van der Waals surface area contributed by atoms with E-state index in [4.69, 9.17) is 4.74 Å². The van der Waals surface area contributed by atoms with Gasteiger partial charge in [-0.25, -0.2) is 0 Å². The number of ether oxygens (including phenoxy) is 1. The van der Waals surface area contributed by atoms with Gasteiger partial charge < -0.3 is 9.64 Å². The predicted molar refractivity (Wildman–Crippen MR) is 129 cm³/mol. The van der Waals surface area contributed by atoms with E-state index >= 15 is 0 Å². The topological polar surface area (TPSA) is 72.7 Å². The molecule has 0 bridgehead atoms. The van der Waals surface area contributed by atoms with Gasteiger partial charge in [-0.3, -0.25) is 14.9 Å². The number of halogens is 1. The maximum absolute atomic E-state index is 13.0. The normalized spacial score (nSPS) is 14.0. The molecule has 0 atom stereocenters. The van der Waals surface area contributed by atoms with E-state index in [1.807, 2.05) is 53.4 Å². The van der Waals surface area contributed by atoms with Gasteiger partial charge in [0.2, 0.25) is 0 Å². The van der Waals surface area contributed by atoms with Crippen molar-refractivity contribution in [1.29, 1.82) is 0 Å². The summed E-state index contributed by atoms with van der Waals surface area (Å²) in [5, 5.41) is 10.9. The highest BCUT2D eigenvalue weighted by atomic mass is 79.9. The first-order chi connectivity index (χ1) is 15.5. The van der Waals surface area contributed by atoms with Gasteiger partial charge >= 0.3 is 0 Å². The van der Waals surface area contributed by atoms with E-state index in [1.54, 1.807) is 12.1 Å². The Bertz CT molecular complexity index is 1220. The van der Waals surface area contributed by atoms with Crippen molar-refractivity contribution in [2.75, 3.05) is 11.4 Å². The van der Waals surface area contributed by atoms with Crippen molar-refractivity contribution in [3.05, 3.63) is 98.0 Å². The third-order valence-electron chi connectivity index (χ3n) is 5.19. The molecule has 3 aromatic carbocycles. The summed E-state index contributed by atoms with van der Waals surface area (Å²) in [6.45, 7) is 2.95. The molecule has 6 nitrogen and oxygen atoms in total. The van der Waals surface area contributed by atoms with E-state index in [0.717, 1.165) is 27.7 Å². The van der Waals surface area contributed by atoms with E-state index < -0.39 is 4.92 Å². The van der Waals surface area contributed by atoms with E-state index in [-0.39, 0.29) is 18.2 Å². The Hall–Kier alpha value is -3.45. The zero-order valence-corrected chi connectivity index (χ0v) is 19.0. The standard InChI is InChI=1S/C25H21BrN2O4/c1-2-12-27-23-9-4-3-8-20(23)21(25(27)29)14-17-10-11-24(22(26)15-17)32-16-18-6-5-7-19(13-18)28(30)31/h3-11,13-15H,2,12,16H2,1H3/b21-14-. The van der Waals surface area contributed by atoms with Crippen molar-refractivity contribution in [2.45, 2.75) is 20.0 Å². The van der Waals surface area contributed by atoms with Crippen molar-refractivity contribution < 1.29 is 14.5 Å². The molecule has 0 aliphatic carbocycles. The van der Waals surface area contributed by atoms with Crippen molar-refractivity contribution >= 4 is 44.9 Å². The fourth-order valence-corrected chi connectivity index (χ4v) is 4.21. The van der Waals surface area contributed by atoms with Crippen molar-refractivity contribution in [2.24, 2.45) is 0 Å². The molecule has 1 amide bonds. The third-order valence-corrected chi connectivity index (χ3v) is 5.81. The minimum Gasteiger partial charge on any atom is -0.488 e. The highest BCUT2D eigenvalue weighted by molar-refractivity contribution is 9.10. The van der Waals surface area contributed by atoms with Crippen molar-refractivity contribution in [3.8, 4) is 5.75 Å². The van der Waals surface area contributed by atoms with Crippen molar-refractivity contribution in [3.63, 3.8) is 0 Å². The third kappa shape index (κ3) is 4.43. The molecule has 1 aliphatic rings. The van der Waals surface area contributed by atoms with E-state index in [9.17, 15) is 14.9 Å². The van der Waals surface area contributed by atoms with Crippen LogP contribution in [-0.2, 0) is 11.4 Å². The van der Waals surface area contributed by atoms with Gasteiger partial charge in [0.15, 0.2) is 0 Å². The van der Waals surface area contributed by atoms with Gasteiger partial charge in [0.05, 0.1) is 15.1 Å². The van der Waals surface area contributed by atoms with Gasteiger partial charge in [0.1, 0.15) is 12.4 Å². The Labute approximate surface area is 194 Å². The summed E-state index contributed by atoms with van der Waals surface area (Å²) in [6, 6.07) is 19.8. The zero-order chi connectivity index (χ0) is 22.7. The SMILES string of the molecule is CCCN1C(=O)/C(=C\c2ccc(OCc3cccc([N+](=O)[O-])c3)c(Br)c2)c2ccccc21. The molecule has 162 valence electrons. The number of carbonyl (C=O) groups excluding carboxylic acids is 1. The molecule has 0 saturated heterocycles. The number of nitrogens with zero attached hydrogens (tertiary/aromatic N) is 2. The monoisotopic (exact) mass is 492 g/mol. The Morgan fingerprint density at radius 3 is 2.66 bits per heavy atom. The van der Waals surface area contributed by atoms with Gasteiger partial charge in [0, 0.05) is 29.8 Å². The van der Waals surface area contributed by atoms with Crippen LogP contribution in [0.25, 0.3) is 11.6 Å². The molecule has 1 heterocycles. The lowest BCUT2D eigenvalue weighted by Gasteiger charge is -2.15. The number of rotatable bonds is 7. The van der Waals surface area contributed by atoms with Crippen LogP contribution in [0.4, 0.5) is 11.4 Å². The van der Waals surface area contributed by atoms with Crippen LogP contribution in [0.2, 0.25) is 0 Å². The molecular weight excluding hydrogens is 472 g/mol. The first kappa shape index (κ1) is 21.8. The number of hydrogen-bond donors (Lipinski definition) is 0. The average molecular weight is 493 g/mol. The molecule has 0 unspecified atom stereocenters. The first-order valence-electron chi connectivity index (χ1n) is 10.3. The second kappa shape index (κ2) is 9.36. The number of hydrogen-bond acceptors (Lipinski definition) is 4. The van der Waals surface area contributed by atoms with Gasteiger partial charge in [-0.05, 0) is 57.8 Å². The molecule has 0 aromatic heterocycles. The molecule has 0 N–H and O–H groups in total. The fraction of sp³-hybridized carbons (Fsp3) is 0.160. The molecule has 3 aromatic rings. The Kier molecular flexibility index (Phi) is 6.37. The lowest BCUT2D eigenvalue weighted by molar-refractivity contribution is -0.384. The Morgan fingerprint density at radius 2 is 1.91 bits per heavy atom. The van der Waals surface area contributed by atoms with Crippen LogP contribution in [0.3, 0.4) is 0 Å². The Morgan fingerprint density at radius 1 is 1.09 bits per heavy atom. The molecular formula is C25H21BrN2O4. The smallest absolute Gasteiger partial charge is 0.269 e. The summed E-state index contributed by atoms with van der Waals surface area (Å²) in [5.41, 5.74) is 4.17. The first-order valence-corrected chi connectivity index (χ1v) is 11.1. The van der Waals surface area contributed by atoms with E-state index in [1.165, 1.54) is 12.1 Å². The summed E-state index contributed by atoms with van der Waals surface area (Å²) >= 11 is 3.53. The molecule has 0 saturated carbocycles. The van der Waals surface area contributed by atoms with Crippen LogP contribution in [0.15, 0.2) is 71.2 Å². The lowest BCUT2D eigenvalue weighted by atomic mass is 10.0. The summed E-state index contributed by atoms with van der Waals surface area (Å²) in [7, 11) is 0. The highest BCUT2D eigenvalue weighted by Gasteiger charge is 2.31. The molecule has 32 heavy (non-hydrogen) atoms. The number of nitro groups is 1. The highest BCUT2D eigenvalue weighted by Crippen LogP contribution is 2.38. The van der Waals surface area contributed by atoms with Crippen LogP contribution in [0.1, 0.15) is 30.0 Å². The zero-order valence-electron chi connectivity index (χ0n) is 17.5. The molecule has 0 spiro atoms. The maximum atomic E-state index is 13.0. The molecule has 0 fully saturated rings. The summed E-state index contributed by atoms with van der Waals surface area (Å²) in [4.78, 5) is 25.4. The van der Waals surface area contributed by atoms with Gasteiger partial charge in [-0.15, -0.1) is 0 Å². The number of amides is 1. The average Bonchev–Trinajstić information content (AvgIpc) is 3.05. The summed E-state index contributed by atoms with van der Waals surface area (Å²) in [6.07, 6.45) is 2.78. The largest absolute Gasteiger partial charge is 0.488 e. The minimum absolute atomic E-state index is 0.00942. The van der Waals surface area contributed by atoms with Gasteiger partial charge in [-0.2, -0.15) is 0 Å². The number of non-ortho nitro benzene ring substituents is 1. The van der Waals surface area contributed by atoms with Crippen molar-refractivity contribution in [1.82, 2.24) is 0 Å².